The van der Waals surface area contributed by atoms with Crippen molar-refractivity contribution in [2.24, 2.45) is 0 Å². The van der Waals surface area contributed by atoms with Crippen molar-refractivity contribution >= 4 is 98.3 Å². The molecular weight excluding hydrogens is 524 g/mol. The zero-order valence-electron chi connectivity index (χ0n) is 21.6. The van der Waals surface area contributed by atoms with E-state index < -0.39 is 0 Å². The largest absolute Gasteiger partial charge is 0.268 e. The van der Waals surface area contributed by atoms with Gasteiger partial charge in [-0.05, 0) is 80.8 Å². The van der Waals surface area contributed by atoms with Crippen LogP contribution in [-0.4, -0.2) is 28.7 Å². The lowest BCUT2D eigenvalue weighted by molar-refractivity contribution is 1.15. The fourth-order valence-electron chi connectivity index (χ4n) is 7.43. The van der Waals surface area contributed by atoms with Crippen molar-refractivity contribution < 1.29 is 0 Å². The molecule has 0 saturated carbocycles. The van der Waals surface area contributed by atoms with E-state index in [0.717, 1.165) is 53.9 Å². The SMILES string of the molecule is O=c1c2ccc3c4ccc5c6c(ccc(c7ccc(c2c37)c2nc3cccnc3n12)c46)c(=O)n1c2ncccc2nc51. The van der Waals surface area contributed by atoms with Crippen molar-refractivity contribution in [2.45, 2.75) is 0 Å². The first-order chi connectivity index (χ1) is 20.7. The number of imidazole rings is 2. The quantitative estimate of drug-likeness (QED) is 0.173. The molecule has 42 heavy (non-hydrogen) atoms. The average molecular weight is 539 g/mol. The maximum Gasteiger partial charge on any atom is 0.265 e. The Hall–Kier alpha value is -6.02. The maximum absolute atomic E-state index is 13.9. The fourth-order valence-corrected chi connectivity index (χ4v) is 7.43. The van der Waals surface area contributed by atoms with Crippen LogP contribution in [0.1, 0.15) is 0 Å². The van der Waals surface area contributed by atoms with Crippen LogP contribution in [0.15, 0.2) is 94.8 Å². The van der Waals surface area contributed by atoms with E-state index in [4.69, 9.17) is 9.97 Å². The van der Waals surface area contributed by atoms with Gasteiger partial charge in [-0.15, -0.1) is 0 Å². The van der Waals surface area contributed by atoms with Crippen LogP contribution in [0, 0.1) is 0 Å². The number of nitrogens with zero attached hydrogens (tertiary/aromatic N) is 6. The van der Waals surface area contributed by atoms with Crippen molar-refractivity contribution in [2.75, 3.05) is 0 Å². The standard InChI is InChI=1S/C34H14N6O2/c41-33-21-11-7-17-16-6-10-20-28-22(34(42)40-30(20)38-24-4-2-14-36-32(24)40)12-8-18(26(16)28)15-5-9-19(27(21)25(15)17)29-37-23-3-1-13-35-31(23)39(29)33/h1-14H. The Morgan fingerprint density at radius 1 is 0.405 bits per heavy atom. The molecule has 0 N–H and O–H groups in total. The van der Waals surface area contributed by atoms with E-state index in [1.54, 1.807) is 21.2 Å². The van der Waals surface area contributed by atoms with Gasteiger partial charge in [0.25, 0.3) is 11.1 Å². The van der Waals surface area contributed by atoms with Gasteiger partial charge in [0.15, 0.2) is 11.3 Å². The van der Waals surface area contributed by atoms with Gasteiger partial charge in [0, 0.05) is 44.7 Å². The highest BCUT2D eigenvalue weighted by atomic mass is 16.1. The summed E-state index contributed by atoms with van der Waals surface area (Å²) in [4.78, 5) is 46.5. The second-order valence-corrected chi connectivity index (χ2v) is 11.0. The van der Waals surface area contributed by atoms with E-state index in [1.165, 1.54) is 0 Å². The number of hydrogen-bond donors (Lipinski definition) is 0. The minimum Gasteiger partial charge on any atom is -0.268 e. The molecule has 11 aromatic rings. The lowest BCUT2D eigenvalue weighted by atomic mass is 9.86. The van der Waals surface area contributed by atoms with Gasteiger partial charge in [-0.25, -0.2) is 28.7 Å². The van der Waals surface area contributed by atoms with Gasteiger partial charge >= 0.3 is 0 Å². The lowest BCUT2D eigenvalue weighted by Crippen LogP contribution is -2.14. The molecule has 192 valence electrons. The number of pyridine rings is 4. The minimum atomic E-state index is -0.128. The Balaban J connectivity index is 1.41. The predicted octanol–water partition coefficient (Wildman–Crippen LogP) is 6.03. The summed E-state index contributed by atoms with van der Waals surface area (Å²) in [5.41, 5.74) is 3.47. The van der Waals surface area contributed by atoms with Gasteiger partial charge in [-0.1, -0.05) is 24.3 Å². The van der Waals surface area contributed by atoms with Gasteiger partial charge in [0.05, 0.1) is 0 Å². The second kappa shape index (κ2) is 6.64. The third-order valence-corrected chi connectivity index (χ3v) is 9.08. The van der Waals surface area contributed by atoms with Gasteiger partial charge in [0.2, 0.25) is 0 Å². The van der Waals surface area contributed by atoms with Crippen molar-refractivity contribution in [3.63, 3.8) is 0 Å². The van der Waals surface area contributed by atoms with Crippen molar-refractivity contribution in [3.05, 3.63) is 106 Å². The first-order valence-corrected chi connectivity index (χ1v) is 13.7. The topological polar surface area (TPSA) is 94.5 Å². The third kappa shape index (κ3) is 2.12. The molecule has 0 radical (unpaired) electrons. The highest BCUT2D eigenvalue weighted by Gasteiger charge is 2.24. The molecule has 0 aliphatic heterocycles. The van der Waals surface area contributed by atoms with E-state index in [2.05, 4.69) is 34.2 Å². The summed E-state index contributed by atoms with van der Waals surface area (Å²) >= 11 is 0. The van der Waals surface area contributed by atoms with Crippen LogP contribution in [0.3, 0.4) is 0 Å². The minimum absolute atomic E-state index is 0.128. The van der Waals surface area contributed by atoms with Crippen LogP contribution >= 0.6 is 0 Å². The van der Waals surface area contributed by atoms with Crippen LogP contribution in [0.25, 0.3) is 98.3 Å². The van der Waals surface area contributed by atoms with Crippen LogP contribution in [0.5, 0.6) is 0 Å². The second-order valence-electron chi connectivity index (χ2n) is 11.0. The van der Waals surface area contributed by atoms with E-state index in [0.29, 0.717) is 44.4 Å². The third-order valence-electron chi connectivity index (χ3n) is 9.08. The number of hydrogen-bond acceptors (Lipinski definition) is 6. The Morgan fingerprint density at radius 2 is 0.762 bits per heavy atom. The van der Waals surface area contributed by atoms with E-state index in [-0.39, 0.29) is 11.1 Å². The summed E-state index contributed by atoms with van der Waals surface area (Å²) in [6, 6.07) is 23.7. The van der Waals surface area contributed by atoms with E-state index in [9.17, 15) is 9.59 Å². The molecule has 0 aliphatic rings. The molecule has 6 heterocycles. The number of fused-ring (bicyclic) bond motifs is 10. The zero-order valence-corrected chi connectivity index (χ0v) is 21.6. The number of aromatic nitrogens is 6. The van der Waals surface area contributed by atoms with Gasteiger partial charge in [-0.3, -0.25) is 9.59 Å². The average Bonchev–Trinajstić information content (AvgIpc) is 3.61. The molecule has 8 heteroatoms. The molecule has 0 aliphatic carbocycles. The Bertz CT molecular complexity index is 2890. The van der Waals surface area contributed by atoms with Gasteiger partial charge < -0.3 is 0 Å². The molecule has 6 aromatic heterocycles. The van der Waals surface area contributed by atoms with Gasteiger partial charge in [0.1, 0.15) is 22.3 Å². The van der Waals surface area contributed by atoms with Crippen molar-refractivity contribution in [3.8, 4) is 0 Å². The number of benzene rings is 5. The smallest absolute Gasteiger partial charge is 0.265 e. The first kappa shape index (κ1) is 20.8. The van der Waals surface area contributed by atoms with Crippen molar-refractivity contribution in [1.29, 1.82) is 0 Å². The molecule has 5 aromatic carbocycles. The summed E-state index contributed by atoms with van der Waals surface area (Å²) in [5, 5.41) is 11.1. The Kier molecular flexibility index (Phi) is 3.29. The fraction of sp³-hybridized carbons (Fsp3) is 0. The molecule has 0 spiro atoms. The highest BCUT2D eigenvalue weighted by molar-refractivity contribution is 6.40. The summed E-state index contributed by atoms with van der Waals surface area (Å²) < 4.78 is 3.26. The summed E-state index contributed by atoms with van der Waals surface area (Å²) in [7, 11) is 0. The van der Waals surface area contributed by atoms with Crippen LogP contribution in [-0.2, 0) is 0 Å². The molecule has 0 bridgehead atoms. The zero-order chi connectivity index (χ0) is 27.4. The van der Waals surface area contributed by atoms with Crippen molar-refractivity contribution in [1.82, 2.24) is 28.7 Å². The monoisotopic (exact) mass is 538 g/mol. The lowest BCUT2D eigenvalue weighted by Gasteiger charge is -2.18. The Labute approximate surface area is 232 Å². The Morgan fingerprint density at radius 3 is 1.19 bits per heavy atom. The molecule has 11 rings (SSSR count). The summed E-state index contributed by atoms with van der Waals surface area (Å²) in [5.74, 6) is 0. The molecule has 0 amide bonds. The van der Waals surface area contributed by atoms with Crippen LogP contribution in [0.4, 0.5) is 0 Å². The normalized spacial score (nSPS) is 13.0. The predicted molar refractivity (Wildman–Crippen MR) is 166 cm³/mol. The molecule has 0 saturated heterocycles. The first-order valence-electron chi connectivity index (χ1n) is 13.7. The van der Waals surface area contributed by atoms with Crippen LogP contribution < -0.4 is 11.1 Å². The maximum atomic E-state index is 13.9. The molecule has 0 atom stereocenters. The number of rotatable bonds is 0. The summed E-state index contributed by atoms with van der Waals surface area (Å²) in [6.45, 7) is 0. The molecule has 0 unspecified atom stereocenters. The molecule has 8 nitrogen and oxygen atoms in total. The van der Waals surface area contributed by atoms with E-state index in [1.807, 2.05) is 48.5 Å². The highest BCUT2D eigenvalue weighted by Crippen LogP contribution is 2.45. The van der Waals surface area contributed by atoms with Gasteiger partial charge in [-0.2, -0.15) is 0 Å². The van der Waals surface area contributed by atoms with Crippen LogP contribution in [0.2, 0.25) is 0 Å². The molecular formula is C34H14N6O2. The summed E-state index contributed by atoms with van der Waals surface area (Å²) in [6.07, 6.45) is 3.37. The van der Waals surface area contributed by atoms with E-state index >= 15 is 0 Å². The molecule has 0 fully saturated rings.